The molecule has 5 nitrogen and oxygen atoms in total. The number of rotatable bonds is 5. The van der Waals surface area contributed by atoms with Crippen molar-refractivity contribution >= 4 is 11.6 Å². The van der Waals surface area contributed by atoms with Gasteiger partial charge in [-0.15, -0.1) is 0 Å². The average Bonchev–Trinajstić information content (AvgIpc) is 3.00. The zero-order valence-corrected chi connectivity index (χ0v) is 14.2. The van der Waals surface area contributed by atoms with Crippen LogP contribution in [0.4, 0.5) is 0 Å². The summed E-state index contributed by atoms with van der Waals surface area (Å²) in [5, 5.41) is 14.1. The van der Waals surface area contributed by atoms with Crippen LogP contribution in [0.25, 0.3) is 16.9 Å². The number of hydrogen-bond acceptors (Lipinski definition) is 3. The average molecular weight is 323 g/mol. The fourth-order valence-corrected chi connectivity index (χ4v) is 3.16. The van der Waals surface area contributed by atoms with Crippen molar-refractivity contribution in [1.82, 2.24) is 14.6 Å². The first-order valence-electron chi connectivity index (χ1n) is 8.17. The van der Waals surface area contributed by atoms with Crippen molar-refractivity contribution in [2.45, 2.75) is 39.5 Å². The van der Waals surface area contributed by atoms with Crippen LogP contribution >= 0.6 is 0 Å². The van der Waals surface area contributed by atoms with Crippen molar-refractivity contribution in [1.29, 1.82) is 0 Å². The van der Waals surface area contributed by atoms with Crippen molar-refractivity contribution in [3.63, 3.8) is 0 Å². The Labute approximate surface area is 141 Å². The molecule has 3 rings (SSSR count). The van der Waals surface area contributed by atoms with Gasteiger partial charge in [-0.2, -0.15) is 5.10 Å². The lowest BCUT2D eigenvalue weighted by atomic mass is 9.89. The normalized spacial score (nSPS) is 12.5. The van der Waals surface area contributed by atoms with Gasteiger partial charge in [0.05, 0.1) is 17.8 Å². The number of carboxylic acid groups (broad SMARTS) is 1. The fourth-order valence-electron chi connectivity index (χ4n) is 3.16. The van der Waals surface area contributed by atoms with E-state index >= 15 is 0 Å². The summed E-state index contributed by atoms with van der Waals surface area (Å²) < 4.78 is 1.75. The minimum atomic E-state index is -0.818. The molecule has 1 aromatic carbocycles. The van der Waals surface area contributed by atoms with Crippen LogP contribution in [0.1, 0.15) is 42.5 Å². The Balaban J connectivity index is 2.34. The Morgan fingerprint density at radius 2 is 1.92 bits per heavy atom. The third-order valence-electron chi connectivity index (χ3n) is 4.31. The van der Waals surface area contributed by atoms with Gasteiger partial charge >= 0.3 is 5.97 Å². The summed E-state index contributed by atoms with van der Waals surface area (Å²) in [5.74, 6) is -1.41. The summed E-state index contributed by atoms with van der Waals surface area (Å²) in [6, 6.07) is 9.92. The molecule has 5 heteroatoms. The Morgan fingerprint density at radius 1 is 1.21 bits per heavy atom. The highest BCUT2D eigenvalue weighted by atomic mass is 16.4. The minimum Gasteiger partial charge on any atom is -0.481 e. The third kappa shape index (κ3) is 2.77. The van der Waals surface area contributed by atoms with Crippen LogP contribution in [0.15, 0.2) is 36.5 Å². The number of nitrogens with zero attached hydrogens (tertiary/aromatic N) is 3. The molecule has 2 heterocycles. The van der Waals surface area contributed by atoms with E-state index < -0.39 is 11.9 Å². The first-order valence-corrected chi connectivity index (χ1v) is 8.17. The van der Waals surface area contributed by atoms with Gasteiger partial charge in [-0.1, -0.05) is 43.2 Å². The lowest BCUT2D eigenvalue weighted by molar-refractivity contribution is -0.139. The second-order valence-corrected chi connectivity index (χ2v) is 6.11. The van der Waals surface area contributed by atoms with Crippen molar-refractivity contribution in [3.05, 3.63) is 53.3 Å². The first-order chi connectivity index (χ1) is 11.5. The molecular formula is C19H21N3O2. The van der Waals surface area contributed by atoms with E-state index in [1.807, 2.05) is 51.1 Å². The summed E-state index contributed by atoms with van der Waals surface area (Å²) in [5.41, 5.74) is 5.17. The molecule has 0 aliphatic carbocycles. The number of hydrogen-bond donors (Lipinski definition) is 1. The summed E-state index contributed by atoms with van der Waals surface area (Å²) >= 11 is 0. The standard InChI is InChI=1S/C19H21N3O2/c1-4-5-15(19(23)24)17-13(3)21-16-10-11-20-22(16)18(17)14-8-6-12(2)7-9-14/h6-11,15H,4-5H2,1-3H3,(H,23,24). The van der Waals surface area contributed by atoms with Gasteiger partial charge in [0.15, 0.2) is 5.65 Å². The number of carbonyl (C=O) groups is 1. The van der Waals surface area contributed by atoms with Crippen LogP contribution < -0.4 is 0 Å². The highest BCUT2D eigenvalue weighted by Gasteiger charge is 2.27. The highest BCUT2D eigenvalue weighted by Crippen LogP contribution is 2.34. The molecule has 0 bridgehead atoms. The molecule has 0 aliphatic heterocycles. The fraction of sp³-hybridized carbons (Fsp3) is 0.316. The molecule has 0 saturated carbocycles. The van der Waals surface area contributed by atoms with Crippen LogP contribution in [0.3, 0.4) is 0 Å². The molecule has 24 heavy (non-hydrogen) atoms. The smallest absolute Gasteiger partial charge is 0.311 e. The molecule has 2 aromatic heterocycles. The number of aromatic nitrogens is 3. The zero-order chi connectivity index (χ0) is 17.3. The minimum absolute atomic E-state index is 0.573. The van der Waals surface area contributed by atoms with Gasteiger partial charge in [-0.25, -0.2) is 9.50 Å². The highest BCUT2D eigenvalue weighted by molar-refractivity contribution is 5.81. The molecule has 1 atom stereocenters. The van der Waals surface area contributed by atoms with Crippen molar-refractivity contribution in [2.24, 2.45) is 0 Å². The molecule has 0 fully saturated rings. The zero-order valence-electron chi connectivity index (χ0n) is 14.2. The molecular weight excluding hydrogens is 302 g/mol. The van der Waals surface area contributed by atoms with Crippen LogP contribution in [0.2, 0.25) is 0 Å². The largest absolute Gasteiger partial charge is 0.481 e. The molecule has 0 aliphatic rings. The van der Waals surface area contributed by atoms with E-state index in [2.05, 4.69) is 10.1 Å². The van der Waals surface area contributed by atoms with Crippen LogP contribution in [-0.2, 0) is 4.79 Å². The van der Waals surface area contributed by atoms with E-state index in [1.165, 1.54) is 0 Å². The molecule has 0 spiro atoms. The lowest BCUT2D eigenvalue weighted by Crippen LogP contribution is -2.17. The number of aliphatic carboxylic acids is 1. The van der Waals surface area contributed by atoms with Crippen molar-refractivity contribution in [3.8, 4) is 11.3 Å². The molecule has 0 saturated heterocycles. The first kappa shape index (κ1) is 16.2. The topological polar surface area (TPSA) is 67.5 Å². The van der Waals surface area contributed by atoms with Crippen molar-refractivity contribution < 1.29 is 9.90 Å². The monoisotopic (exact) mass is 323 g/mol. The van der Waals surface area contributed by atoms with Crippen LogP contribution in [0, 0.1) is 13.8 Å². The van der Waals surface area contributed by atoms with E-state index in [0.29, 0.717) is 6.42 Å². The third-order valence-corrected chi connectivity index (χ3v) is 4.31. The summed E-state index contributed by atoms with van der Waals surface area (Å²) in [6.45, 7) is 5.91. The second-order valence-electron chi connectivity index (χ2n) is 6.11. The predicted octanol–water partition coefficient (Wildman–Crippen LogP) is 3.98. The van der Waals surface area contributed by atoms with Crippen LogP contribution in [0.5, 0.6) is 0 Å². The van der Waals surface area contributed by atoms with Gasteiger partial charge in [-0.3, -0.25) is 4.79 Å². The number of aryl methyl sites for hydroxylation is 2. The summed E-state index contributed by atoms with van der Waals surface area (Å²) in [6.07, 6.45) is 3.06. The quantitative estimate of drug-likeness (QED) is 0.771. The number of benzene rings is 1. The van der Waals surface area contributed by atoms with E-state index in [4.69, 9.17) is 0 Å². The van der Waals surface area contributed by atoms with E-state index in [1.54, 1.807) is 10.7 Å². The SMILES string of the molecule is CCCC(C(=O)O)c1c(C)nc2ccnn2c1-c1ccc(C)cc1. The van der Waals surface area contributed by atoms with Gasteiger partial charge in [0.25, 0.3) is 0 Å². The van der Waals surface area contributed by atoms with Crippen LogP contribution in [-0.4, -0.2) is 25.7 Å². The van der Waals surface area contributed by atoms with Gasteiger partial charge in [0, 0.05) is 22.9 Å². The van der Waals surface area contributed by atoms with E-state index in [9.17, 15) is 9.90 Å². The Hall–Kier alpha value is -2.69. The maximum Gasteiger partial charge on any atom is 0.311 e. The van der Waals surface area contributed by atoms with E-state index in [0.717, 1.165) is 40.1 Å². The number of carboxylic acids is 1. The maximum atomic E-state index is 11.9. The Bertz CT molecular complexity index is 882. The van der Waals surface area contributed by atoms with Gasteiger partial charge < -0.3 is 5.11 Å². The van der Waals surface area contributed by atoms with Gasteiger partial charge in [0.2, 0.25) is 0 Å². The molecule has 1 N–H and O–H groups in total. The Kier molecular flexibility index (Phi) is 4.34. The molecule has 3 aromatic rings. The van der Waals surface area contributed by atoms with Crippen molar-refractivity contribution in [2.75, 3.05) is 0 Å². The Morgan fingerprint density at radius 3 is 2.54 bits per heavy atom. The summed E-state index contributed by atoms with van der Waals surface area (Å²) in [4.78, 5) is 16.5. The predicted molar refractivity (Wildman–Crippen MR) is 93.2 cm³/mol. The summed E-state index contributed by atoms with van der Waals surface area (Å²) in [7, 11) is 0. The van der Waals surface area contributed by atoms with E-state index in [-0.39, 0.29) is 0 Å². The lowest BCUT2D eigenvalue weighted by Gasteiger charge is -2.20. The van der Waals surface area contributed by atoms with Gasteiger partial charge in [0.1, 0.15) is 0 Å². The van der Waals surface area contributed by atoms with Gasteiger partial charge in [-0.05, 0) is 20.3 Å². The molecule has 0 amide bonds. The second kappa shape index (κ2) is 6.43. The molecule has 1 unspecified atom stereocenters. The molecule has 124 valence electrons. The number of fused-ring (bicyclic) bond motifs is 1. The maximum absolute atomic E-state index is 11.9. The molecule has 0 radical (unpaired) electrons.